The molecule has 0 rings (SSSR count). The minimum absolute atomic E-state index is 0.106. The van der Waals surface area contributed by atoms with Crippen molar-refractivity contribution >= 4 is 39.5 Å². The molecule has 0 aromatic heterocycles. The third-order valence-corrected chi connectivity index (χ3v) is 19.4. The van der Waals surface area contributed by atoms with Gasteiger partial charge >= 0.3 is 39.5 Å². The summed E-state index contributed by atoms with van der Waals surface area (Å²) in [6, 6.07) is 0. The second-order valence-corrected chi connectivity index (χ2v) is 30.9. The summed E-state index contributed by atoms with van der Waals surface area (Å²) in [6.45, 7) is 9.57. The predicted octanol–water partition coefficient (Wildman–Crippen LogP) is 21.9. The van der Waals surface area contributed by atoms with Crippen LogP contribution < -0.4 is 0 Å². The van der Waals surface area contributed by atoms with Gasteiger partial charge in [0.25, 0.3) is 0 Å². The Labute approximate surface area is 575 Å². The van der Waals surface area contributed by atoms with E-state index in [1.165, 1.54) is 205 Å². The highest BCUT2D eigenvalue weighted by Crippen LogP contribution is 2.45. The molecule has 0 bridgehead atoms. The molecule has 558 valence electrons. The average Bonchev–Trinajstić information content (AvgIpc) is 1.87. The van der Waals surface area contributed by atoms with Crippen molar-refractivity contribution in [3.63, 3.8) is 0 Å². The number of unbranched alkanes of at least 4 members (excludes halogenated alkanes) is 44. The molecule has 0 saturated carbocycles. The molecule has 3 N–H and O–H groups in total. The van der Waals surface area contributed by atoms with Gasteiger partial charge in [-0.15, -0.1) is 0 Å². The number of carbonyl (C=O) groups is 4. The van der Waals surface area contributed by atoms with Crippen molar-refractivity contribution in [2.75, 3.05) is 39.6 Å². The number of rotatable bonds is 74. The van der Waals surface area contributed by atoms with Crippen LogP contribution in [0.1, 0.15) is 388 Å². The summed E-state index contributed by atoms with van der Waals surface area (Å²) >= 11 is 0. The monoisotopic (exact) mass is 1380 g/mol. The summed E-state index contributed by atoms with van der Waals surface area (Å²) in [7, 11) is -9.91. The summed E-state index contributed by atoms with van der Waals surface area (Å²) in [6.07, 6.45) is 54.0. The van der Waals surface area contributed by atoms with E-state index in [1.807, 2.05) is 0 Å². The lowest BCUT2D eigenvalue weighted by Crippen LogP contribution is -2.30. The van der Waals surface area contributed by atoms with E-state index in [9.17, 15) is 43.2 Å². The Morgan fingerprint density at radius 3 is 0.723 bits per heavy atom. The molecule has 0 fully saturated rings. The lowest BCUT2D eigenvalue weighted by atomic mass is 10.0. The molecule has 0 aliphatic rings. The summed E-state index contributed by atoms with van der Waals surface area (Å²) in [5.41, 5.74) is 0. The highest BCUT2D eigenvalue weighted by molar-refractivity contribution is 7.47. The van der Waals surface area contributed by atoms with E-state index in [0.717, 1.165) is 102 Å². The number of carbonyl (C=O) groups excluding carboxylic acids is 4. The minimum atomic E-state index is -4.96. The van der Waals surface area contributed by atoms with E-state index in [4.69, 9.17) is 37.0 Å². The zero-order valence-corrected chi connectivity index (χ0v) is 63.1. The maximum Gasteiger partial charge on any atom is 0.472 e. The molecule has 0 aromatic carbocycles. The molecule has 0 amide bonds. The lowest BCUT2D eigenvalue weighted by molar-refractivity contribution is -0.161. The highest BCUT2D eigenvalue weighted by Gasteiger charge is 2.30. The molecular weight excluding hydrogens is 1230 g/mol. The maximum absolute atomic E-state index is 13.1. The van der Waals surface area contributed by atoms with Crippen molar-refractivity contribution in [1.82, 2.24) is 0 Å². The van der Waals surface area contributed by atoms with Gasteiger partial charge in [0.1, 0.15) is 19.3 Å². The number of phosphoric ester groups is 2. The van der Waals surface area contributed by atoms with Crippen LogP contribution in [0.15, 0.2) is 0 Å². The smallest absolute Gasteiger partial charge is 0.462 e. The van der Waals surface area contributed by atoms with E-state index in [0.29, 0.717) is 25.7 Å². The molecule has 0 spiro atoms. The summed E-state index contributed by atoms with van der Waals surface area (Å²) in [4.78, 5) is 72.8. The van der Waals surface area contributed by atoms with Crippen LogP contribution in [-0.2, 0) is 65.4 Å². The second-order valence-electron chi connectivity index (χ2n) is 28.0. The topological polar surface area (TPSA) is 237 Å². The van der Waals surface area contributed by atoms with Crippen molar-refractivity contribution in [2.24, 2.45) is 11.8 Å². The lowest BCUT2D eigenvalue weighted by Gasteiger charge is -2.21. The van der Waals surface area contributed by atoms with E-state index >= 15 is 0 Å². The fraction of sp³-hybridized carbons (Fsp3) is 0.947. The van der Waals surface area contributed by atoms with E-state index in [-0.39, 0.29) is 25.7 Å². The van der Waals surface area contributed by atoms with Crippen LogP contribution in [0.25, 0.3) is 0 Å². The van der Waals surface area contributed by atoms with Crippen LogP contribution in [0.2, 0.25) is 0 Å². The molecule has 19 heteroatoms. The van der Waals surface area contributed by atoms with Crippen LogP contribution in [0.3, 0.4) is 0 Å². The Kier molecular flexibility index (Phi) is 65.5. The normalized spacial score (nSPS) is 14.0. The van der Waals surface area contributed by atoms with Crippen LogP contribution in [-0.4, -0.2) is 96.7 Å². The van der Waals surface area contributed by atoms with Gasteiger partial charge in [0.05, 0.1) is 26.4 Å². The predicted molar refractivity (Wildman–Crippen MR) is 381 cm³/mol. The van der Waals surface area contributed by atoms with Gasteiger partial charge in [-0.2, -0.15) is 0 Å². The van der Waals surface area contributed by atoms with Crippen LogP contribution >= 0.6 is 15.6 Å². The fourth-order valence-electron chi connectivity index (χ4n) is 11.5. The first kappa shape index (κ1) is 92.1. The Balaban J connectivity index is 5.25. The summed E-state index contributed by atoms with van der Waals surface area (Å²) in [5, 5.41) is 10.6. The van der Waals surface area contributed by atoms with Crippen molar-refractivity contribution in [3.05, 3.63) is 0 Å². The largest absolute Gasteiger partial charge is 0.472 e. The van der Waals surface area contributed by atoms with Gasteiger partial charge < -0.3 is 33.8 Å². The number of aliphatic hydroxyl groups excluding tert-OH is 1. The molecule has 0 radical (unpaired) electrons. The average molecular weight is 1380 g/mol. The molecule has 0 aromatic rings. The van der Waals surface area contributed by atoms with E-state index in [1.54, 1.807) is 0 Å². The Hall–Kier alpha value is -1.94. The zero-order chi connectivity index (χ0) is 69.3. The first-order valence-electron chi connectivity index (χ1n) is 39.0. The van der Waals surface area contributed by atoms with Crippen molar-refractivity contribution in [1.29, 1.82) is 0 Å². The van der Waals surface area contributed by atoms with Gasteiger partial charge in [-0.3, -0.25) is 37.3 Å². The van der Waals surface area contributed by atoms with Crippen molar-refractivity contribution in [3.8, 4) is 0 Å². The minimum Gasteiger partial charge on any atom is -0.462 e. The van der Waals surface area contributed by atoms with E-state index in [2.05, 4.69) is 41.5 Å². The van der Waals surface area contributed by atoms with Gasteiger partial charge in [0, 0.05) is 25.7 Å². The Morgan fingerprint density at radius 2 is 0.489 bits per heavy atom. The molecule has 0 heterocycles. The quantitative estimate of drug-likeness (QED) is 0.0222. The molecule has 0 aliphatic heterocycles. The molecule has 0 aliphatic carbocycles. The number of esters is 4. The summed E-state index contributed by atoms with van der Waals surface area (Å²) < 4.78 is 68.5. The number of aliphatic hydroxyl groups is 1. The standard InChI is InChI=1S/C75H146O17P2/c1-7-9-11-13-15-17-19-20-21-22-23-24-28-35-41-47-53-59-74(79)91-70(63-86-73(78)58-52-46-40-34-29-25-27-31-37-43-49-55-67(3)4)65-89-93(81,82)87-61-69(76)62-88-94(83,84)90-66-71(64-85-72(77)57-51-45-39-33-26-18-16-14-12-10-8-2)92-75(80)60-54-48-42-36-30-32-38-44-50-56-68(5)6/h67-71,76H,7-66H2,1-6H3,(H,81,82)(H,83,84)/t69-,70-,71-/m1/s1. The van der Waals surface area contributed by atoms with Gasteiger partial charge in [0.15, 0.2) is 12.2 Å². The molecular formula is C75H146O17P2. The zero-order valence-electron chi connectivity index (χ0n) is 61.3. The number of ether oxygens (including phenoxy) is 4. The van der Waals surface area contributed by atoms with Crippen molar-refractivity contribution < 1.29 is 80.2 Å². The van der Waals surface area contributed by atoms with Crippen LogP contribution in [0, 0.1) is 11.8 Å². The Morgan fingerprint density at radius 1 is 0.287 bits per heavy atom. The Bertz CT molecular complexity index is 1820. The fourth-order valence-corrected chi connectivity index (χ4v) is 13.1. The molecule has 5 atom stereocenters. The number of hydrogen-bond acceptors (Lipinski definition) is 15. The van der Waals surface area contributed by atoms with Crippen molar-refractivity contribution in [2.45, 2.75) is 407 Å². The van der Waals surface area contributed by atoms with Gasteiger partial charge in [-0.1, -0.05) is 337 Å². The molecule has 2 unspecified atom stereocenters. The van der Waals surface area contributed by atoms with E-state index < -0.39 is 97.5 Å². The number of phosphoric acid groups is 2. The van der Waals surface area contributed by atoms with Crippen LogP contribution in [0.5, 0.6) is 0 Å². The first-order chi connectivity index (χ1) is 45.4. The van der Waals surface area contributed by atoms with Gasteiger partial charge in [-0.25, -0.2) is 9.13 Å². The molecule has 17 nitrogen and oxygen atoms in total. The SMILES string of the molecule is CCCCCCCCCCCCCCCCCCCC(=O)O[C@H](COC(=O)CCCCCCCCCCCCCC(C)C)COP(=O)(O)OC[C@@H](O)COP(=O)(O)OC[C@@H](COC(=O)CCCCCCCCCCCCC)OC(=O)CCCCCCCCCCCC(C)C. The molecule has 94 heavy (non-hydrogen) atoms. The maximum atomic E-state index is 13.1. The summed E-state index contributed by atoms with van der Waals surface area (Å²) in [5.74, 6) is -0.608. The highest BCUT2D eigenvalue weighted by atomic mass is 31.2. The van der Waals surface area contributed by atoms with Gasteiger partial charge in [0.2, 0.25) is 0 Å². The molecule has 0 saturated heterocycles. The van der Waals surface area contributed by atoms with Gasteiger partial charge in [-0.05, 0) is 37.5 Å². The number of hydrogen-bond donors (Lipinski definition) is 3. The third kappa shape index (κ3) is 68.6. The van der Waals surface area contributed by atoms with Crippen LogP contribution in [0.4, 0.5) is 0 Å². The second kappa shape index (κ2) is 66.9. The third-order valence-electron chi connectivity index (χ3n) is 17.5. The first-order valence-corrected chi connectivity index (χ1v) is 42.0.